The Morgan fingerprint density at radius 3 is 2.85 bits per heavy atom. The number of fused-ring (bicyclic) bond motifs is 1. The molecule has 0 aliphatic heterocycles. The topological polar surface area (TPSA) is 107 Å². The average molecular weight is 427 g/mol. The molecule has 10 heteroatoms. The summed E-state index contributed by atoms with van der Waals surface area (Å²) in [4.78, 5) is 26.4. The Bertz CT molecular complexity index is 849. The van der Waals surface area contributed by atoms with Crippen LogP contribution in [0.4, 0.5) is 10.1 Å². The smallest absolute Gasteiger partial charge is 0.341 e. The third-order valence-electron chi connectivity index (χ3n) is 4.30. The Balaban J connectivity index is 1.80. The molecule has 7 nitrogen and oxygen atoms in total. The highest BCUT2D eigenvalue weighted by Gasteiger charge is 2.30. The maximum absolute atomic E-state index is 12.7. The summed E-state index contributed by atoms with van der Waals surface area (Å²) in [7, 11) is 0. The zero-order valence-corrected chi connectivity index (χ0v) is 17.9. The molecule has 2 heterocycles. The second kappa shape index (κ2) is 8.57. The number of carbonyl (C=O) groups excluding carboxylic acids is 2. The minimum absolute atomic E-state index is 0.189. The maximum Gasteiger partial charge on any atom is 0.341 e. The number of rotatable bonds is 6. The number of nitrogen functional groups attached to an aromatic ring is 1. The Morgan fingerprint density at radius 2 is 2.19 bits per heavy atom. The molecule has 3 rings (SSSR count). The molecule has 0 saturated heterocycles. The van der Waals surface area contributed by atoms with Crippen molar-refractivity contribution >= 4 is 56.4 Å². The lowest BCUT2D eigenvalue weighted by Crippen LogP contribution is -2.23. The number of esters is 1. The van der Waals surface area contributed by atoms with Crippen LogP contribution in [0.5, 0.6) is 0 Å². The molecule has 0 unspecified atom stereocenters. The van der Waals surface area contributed by atoms with Gasteiger partial charge in [0.2, 0.25) is 11.0 Å². The molecular weight excluding hydrogens is 404 g/mol. The molecule has 0 fully saturated rings. The second-order valence-electron chi connectivity index (χ2n) is 6.43. The van der Waals surface area contributed by atoms with Crippen molar-refractivity contribution < 1.29 is 14.3 Å². The Labute approximate surface area is 170 Å². The van der Waals surface area contributed by atoms with Gasteiger partial charge in [-0.1, -0.05) is 30.0 Å². The van der Waals surface area contributed by atoms with Crippen molar-refractivity contribution in [2.45, 2.75) is 49.6 Å². The predicted octanol–water partition coefficient (Wildman–Crippen LogP) is 3.60. The first-order chi connectivity index (χ1) is 12.9. The lowest BCUT2D eigenvalue weighted by molar-refractivity contribution is -0.115. The molecule has 0 aromatic carbocycles. The number of nitrogens with zero attached hydrogens (tertiary/aromatic N) is 2. The zero-order chi connectivity index (χ0) is 19.6. The first kappa shape index (κ1) is 20.1. The molecule has 2 aromatic heterocycles. The van der Waals surface area contributed by atoms with Crippen LogP contribution in [0.2, 0.25) is 0 Å². The maximum atomic E-state index is 12.7. The monoisotopic (exact) mass is 426 g/mol. The molecule has 0 bridgehead atoms. The molecule has 0 spiro atoms. The zero-order valence-electron chi connectivity index (χ0n) is 15.4. The molecule has 3 N–H and O–H groups in total. The molecular formula is C17H22N4O3S3. The molecule has 27 heavy (non-hydrogen) atoms. The average Bonchev–Trinajstić information content (AvgIpc) is 3.17. The largest absolute Gasteiger partial charge is 0.462 e. The molecule has 0 saturated carbocycles. The van der Waals surface area contributed by atoms with E-state index in [1.807, 2.05) is 0 Å². The van der Waals surface area contributed by atoms with Crippen molar-refractivity contribution in [1.29, 1.82) is 0 Å². The third kappa shape index (κ3) is 4.61. The highest BCUT2D eigenvalue weighted by Crippen LogP contribution is 2.40. The van der Waals surface area contributed by atoms with Crippen LogP contribution in [0.1, 0.15) is 48.0 Å². The van der Waals surface area contributed by atoms with Crippen LogP contribution in [-0.4, -0.2) is 33.9 Å². The van der Waals surface area contributed by atoms with E-state index < -0.39 is 5.25 Å². The summed E-state index contributed by atoms with van der Waals surface area (Å²) >= 11 is 4.03. The lowest BCUT2D eigenvalue weighted by Gasteiger charge is -2.18. The minimum Gasteiger partial charge on any atom is -0.462 e. The van der Waals surface area contributed by atoms with Crippen LogP contribution >= 0.6 is 34.4 Å². The quantitative estimate of drug-likeness (QED) is 0.537. The van der Waals surface area contributed by atoms with E-state index in [1.54, 1.807) is 13.8 Å². The SMILES string of the molecule is CCOC(=O)c1c(NC(=O)[C@H](C)Sc2nnc(N)s2)sc2c1CC[C@H](C)C2. The number of nitrogens with two attached hydrogens (primary N) is 1. The van der Waals surface area contributed by atoms with E-state index in [9.17, 15) is 9.59 Å². The van der Waals surface area contributed by atoms with E-state index >= 15 is 0 Å². The number of aromatic nitrogens is 2. The van der Waals surface area contributed by atoms with Crippen molar-refractivity contribution in [3.05, 3.63) is 16.0 Å². The summed E-state index contributed by atoms with van der Waals surface area (Å²) < 4.78 is 5.88. The lowest BCUT2D eigenvalue weighted by atomic mass is 9.88. The van der Waals surface area contributed by atoms with Crippen LogP contribution in [0.15, 0.2) is 4.34 Å². The van der Waals surface area contributed by atoms with Gasteiger partial charge in [0.25, 0.3) is 0 Å². The number of thioether (sulfide) groups is 1. The number of ether oxygens (including phenoxy) is 1. The van der Waals surface area contributed by atoms with Crippen molar-refractivity contribution in [3.8, 4) is 0 Å². The summed E-state index contributed by atoms with van der Waals surface area (Å²) in [6, 6.07) is 0. The number of thiophene rings is 1. The summed E-state index contributed by atoms with van der Waals surface area (Å²) in [6.07, 6.45) is 2.80. The van der Waals surface area contributed by atoms with Crippen LogP contribution < -0.4 is 11.1 Å². The fourth-order valence-electron chi connectivity index (χ4n) is 2.94. The van der Waals surface area contributed by atoms with E-state index in [1.165, 1.54) is 39.3 Å². The summed E-state index contributed by atoms with van der Waals surface area (Å²) in [5.41, 5.74) is 7.14. The van der Waals surface area contributed by atoms with Gasteiger partial charge in [0.1, 0.15) is 5.00 Å². The van der Waals surface area contributed by atoms with Crippen molar-refractivity contribution in [2.24, 2.45) is 5.92 Å². The number of hydrogen-bond donors (Lipinski definition) is 2. The van der Waals surface area contributed by atoms with E-state index in [0.29, 0.717) is 32.6 Å². The van der Waals surface area contributed by atoms with E-state index in [0.717, 1.165) is 24.8 Å². The predicted molar refractivity (Wildman–Crippen MR) is 110 cm³/mol. The summed E-state index contributed by atoms with van der Waals surface area (Å²) in [5.74, 6) is 0.0232. The van der Waals surface area contributed by atoms with Gasteiger partial charge in [-0.15, -0.1) is 21.5 Å². The van der Waals surface area contributed by atoms with Gasteiger partial charge in [-0.05, 0) is 44.6 Å². The Kier molecular flexibility index (Phi) is 6.38. The first-order valence-corrected chi connectivity index (χ1v) is 11.3. The molecule has 146 valence electrons. The van der Waals surface area contributed by atoms with Gasteiger partial charge in [0, 0.05) is 4.88 Å². The summed E-state index contributed by atoms with van der Waals surface area (Å²) in [5, 5.41) is 11.2. The minimum atomic E-state index is -0.398. The number of amides is 1. The van der Waals surface area contributed by atoms with E-state index in [-0.39, 0.29) is 11.9 Å². The van der Waals surface area contributed by atoms with E-state index in [2.05, 4.69) is 22.4 Å². The Morgan fingerprint density at radius 1 is 1.41 bits per heavy atom. The number of anilines is 2. The van der Waals surface area contributed by atoms with Crippen LogP contribution in [-0.2, 0) is 22.4 Å². The molecule has 2 atom stereocenters. The van der Waals surface area contributed by atoms with Gasteiger partial charge in [0.15, 0.2) is 4.34 Å². The van der Waals surface area contributed by atoms with E-state index in [4.69, 9.17) is 10.5 Å². The van der Waals surface area contributed by atoms with Crippen molar-refractivity contribution in [1.82, 2.24) is 10.2 Å². The summed E-state index contributed by atoms with van der Waals surface area (Å²) in [6.45, 7) is 6.08. The second-order valence-corrected chi connectivity index (χ2v) is 10.1. The van der Waals surface area contributed by atoms with Gasteiger partial charge in [-0.25, -0.2) is 4.79 Å². The third-order valence-corrected chi connectivity index (χ3v) is 7.40. The number of hydrogen-bond acceptors (Lipinski definition) is 9. The van der Waals surface area contributed by atoms with Crippen molar-refractivity contribution in [2.75, 3.05) is 17.7 Å². The molecule has 1 amide bonds. The standard InChI is InChI=1S/C17H22N4O3S3/c1-4-24-15(23)12-10-6-5-8(2)7-11(10)26-14(12)19-13(22)9(3)25-17-21-20-16(18)27-17/h8-9H,4-7H2,1-3H3,(H2,18,20)(H,19,22)/t8-,9-/m0/s1. The Hall–Kier alpha value is -1.65. The van der Waals surface area contributed by atoms with Gasteiger partial charge < -0.3 is 15.8 Å². The van der Waals surface area contributed by atoms with Gasteiger partial charge in [-0.2, -0.15) is 0 Å². The number of carbonyl (C=O) groups is 2. The molecule has 2 aromatic rings. The van der Waals surface area contributed by atoms with Crippen LogP contribution in [0, 0.1) is 5.92 Å². The van der Waals surface area contributed by atoms with Gasteiger partial charge >= 0.3 is 5.97 Å². The number of nitrogens with one attached hydrogen (secondary N) is 1. The highest BCUT2D eigenvalue weighted by molar-refractivity contribution is 8.02. The van der Waals surface area contributed by atoms with Crippen LogP contribution in [0.25, 0.3) is 0 Å². The fraction of sp³-hybridized carbons (Fsp3) is 0.529. The van der Waals surface area contributed by atoms with Crippen LogP contribution in [0.3, 0.4) is 0 Å². The normalized spacial score (nSPS) is 17.2. The first-order valence-electron chi connectivity index (χ1n) is 8.77. The molecule has 1 aliphatic carbocycles. The van der Waals surface area contributed by atoms with Gasteiger partial charge in [-0.3, -0.25) is 4.79 Å². The highest BCUT2D eigenvalue weighted by atomic mass is 32.2. The fourth-order valence-corrected chi connectivity index (χ4v) is 6.13. The van der Waals surface area contributed by atoms with Gasteiger partial charge in [0.05, 0.1) is 17.4 Å². The van der Waals surface area contributed by atoms with Crippen molar-refractivity contribution in [3.63, 3.8) is 0 Å². The molecule has 0 radical (unpaired) electrons. The molecule has 1 aliphatic rings.